The quantitative estimate of drug-likeness (QED) is 0.407. The lowest BCUT2D eigenvalue weighted by Crippen LogP contribution is -2.27. The van der Waals surface area contributed by atoms with Gasteiger partial charge in [0.05, 0.1) is 7.11 Å². The van der Waals surface area contributed by atoms with Crippen LogP contribution in [0, 0.1) is 12.3 Å². The molecule has 35 heavy (non-hydrogen) atoms. The van der Waals surface area contributed by atoms with E-state index in [1.165, 1.54) is 6.07 Å². The van der Waals surface area contributed by atoms with Crippen LogP contribution in [0.2, 0.25) is 0 Å². The molecule has 0 aliphatic rings. The Bertz CT molecular complexity index is 1240. The van der Waals surface area contributed by atoms with E-state index in [9.17, 15) is 14.4 Å². The summed E-state index contributed by atoms with van der Waals surface area (Å²) in [6, 6.07) is 15.4. The maximum absolute atomic E-state index is 12.5. The number of ether oxygens (including phenoxy) is 2. The van der Waals surface area contributed by atoms with Crippen LogP contribution in [-0.2, 0) is 17.8 Å². The highest BCUT2D eigenvalue weighted by atomic mass is 16.5. The summed E-state index contributed by atoms with van der Waals surface area (Å²) in [6.07, 6.45) is 5.54. The highest BCUT2D eigenvalue weighted by molar-refractivity contribution is 5.97. The Labute approximate surface area is 202 Å². The van der Waals surface area contributed by atoms with E-state index in [2.05, 4.69) is 31.8 Å². The fourth-order valence-electron chi connectivity index (χ4n) is 2.90. The number of carbonyl (C=O) groups is 3. The number of anilines is 1. The molecule has 10 heteroatoms. The van der Waals surface area contributed by atoms with Gasteiger partial charge in [0.15, 0.2) is 6.61 Å². The molecule has 0 bridgehead atoms. The van der Waals surface area contributed by atoms with Gasteiger partial charge in [0.25, 0.3) is 11.8 Å². The van der Waals surface area contributed by atoms with Gasteiger partial charge in [0, 0.05) is 24.8 Å². The van der Waals surface area contributed by atoms with E-state index in [-0.39, 0.29) is 31.1 Å². The first-order valence-corrected chi connectivity index (χ1v) is 10.5. The van der Waals surface area contributed by atoms with Crippen LogP contribution in [0.5, 0.6) is 5.75 Å². The van der Waals surface area contributed by atoms with Gasteiger partial charge in [-0.25, -0.2) is 14.8 Å². The Hall–Kier alpha value is -4.91. The topological polar surface area (TPSA) is 132 Å². The first-order chi connectivity index (χ1) is 17.0. The predicted molar refractivity (Wildman–Crippen MR) is 128 cm³/mol. The van der Waals surface area contributed by atoms with Crippen LogP contribution in [0.4, 0.5) is 10.5 Å². The lowest BCUT2D eigenvalue weighted by Gasteiger charge is -2.09. The molecular weight excluding hydrogens is 450 g/mol. The summed E-state index contributed by atoms with van der Waals surface area (Å²) < 4.78 is 9.91. The van der Waals surface area contributed by atoms with E-state index in [4.69, 9.17) is 15.9 Å². The Morgan fingerprint density at radius 2 is 1.57 bits per heavy atom. The van der Waals surface area contributed by atoms with Gasteiger partial charge in [-0.3, -0.25) is 14.9 Å². The van der Waals surface area contributed by atoms with Crippen LogP contribution >= 0.6 is 0 Å². The van der Waals surface area contributed by atoms with Crippen molar-refractivity contribution < 1.29 is 23.9 Å². The van der Waals surface area contributed by atoms with Crippen LogP contribution in [0.1, 0.15) is 32.1 Å². The number of nitrogens with zero attached hydrogens (tertiary/aromatic N) is 2. The fraction of sp³-hybridized carbons (Fsp3) is 0.160. The van der Waals surface area contributed by atoms with E-state index >= 15 is 0 Å². The molecule has 0 aliphatic heterocycles. The zero-order valence-corrected chi connectivity index (χ0v) is 18.9. The zero-order chi connectivity index (χ0) is 25.0. The molecule has 10 nitrogen and oxygen atoms in total. The number of methoxy groups -OCH3 is 1. The Kier molecular flexibility index (Phi) is 8.73. The SMILES string of the molecule is C#CCOC(=O)Nc1ccc(CNC(=O)c2cc(C(=O)NCc3cccc(OC)c3)ncn2)cc1. The van der Waals surface area contributed by atoms with E-state index in [1.54, 1.807) is 31.4 Å². The summed E-state index contributed by atoms with van der Waals surface area (Å²) in [5.74, 6) is 1.99. The van der Waals surface area contributed by atoms with Gasteiger partial charge in [-0.2, -0.15) is 0 Å². The van der Waals surface area contributed by atoms with Crippen LogP contribution in [0.25, 0.3) is 0 Å². The Balaban J connectivity index is 1.52. The Morgan fingerprint density at radius 3 is 2.20 bits per heavy atom. The van der Waals surface area contributed by atoms with Crippen LogP contribution in [0.3, 0.4) is 0 Å². The number of hydrogen-bond donors (Lipinski definition) is 3. The number of carbonyl (C=O) groups excluding carboxylic acids is 3. The number of terminal acetylenes is 1. The van der Waals surface area contributed by atoms with Gasteiger partial charge >= 0.3 is 6.09 Å². The largest absolute Gasteiger partial charge is 0.497 e. The molecular formula is C25H23N5O5. The summed E-state index contributed by atoms with van der Waals surface area (Å²) in [5.41, 5.74) is 2.28. The van der Waals surface area contributed by atoms with Gasteiger partial charge in [-0.15, -0.1) is 6.42 Å². The minimum absolute atomic E-state index is 0.0566. The molecule has 0 saturated heterocycles. The van der Waals surface area contributed by atoms with E-state index in [1.807, 2.05) is 24.3 Å². The summed E-state index contributed by atoms with van der Waals surface area (Å²) in [5, 5.41) is 8.02. The number of benzene rings is 2. The van der Waals surface area contributed by atoms with Crippen molar-refractivity contribution in [1.82, 2.24) is 20.6 Å². The van der Waals surface area contributed by atoms with Crippen molar-refractivity contribution in [3.8, 4) is 18.1 Å². The van der Waals surface area contributed by atoms with E-state index in [0.29, 0.717) is 11.4 Å². The van der Waals surface area contributed by atoms with Crippen molar-refractivity contribution in [3.63, 3.8) is 0 Å². The molecule has 0 unspecified atom stereocenters. The minimum Gasteiger partial charge on any atom is -0.497 e. The summed E-state index contributed by atoms with van der Waals surface area (Å²) in [6.45, 7) is 0.362. The molecule has 3 N–H and O–H groups in total. The fourth-order valence-corrected chi connectivity index (χ4v) is 2.90. The third-order valence-corrected chi connectivity index (χ3v) is 4.66. The second kappa shape index (κ2) is 12.4. The lowest BCUT2D eigenvalue weighted by molar-refractivity contribution is 0.0944. The summed E-state index contributed by atoms with van der Waals surface area (Å²) in [4.78, 5) is 44.4. The molecule has 0 fully saturated rings. The van der Waals surface area contributed by atoms with Gasteiger partial charge in [-0.1, -0.05) is 30.2 Å². The number of hydrogen-bond acceptors (Lipinski definition) is 7. The molecule has 1 heterocycles. The van der Waals surface area contributed by atoms with Gasteiger partial charge in [-0.05, 0) is 35.4 Å². The van der Waals surface area contributed by atoms with Crippen molar-refractivity contribution in [2.45, 2.75) is 13.1 Å². The standard InChI is InChI=1S/C25H23N5O5/c1-3-11-35-25(33)30-19-9-7-17(8-10-19)14-26-23(31)21-13-22(29-16-28-21)24(32)27-15-18-5-4-6-20(12-18)34-2/h1,4-10,12-13,16H,11,14-15H2,2H3,(H,26,31)(H,27,32)(H,30,33). The van der Waals surface area contributed by atoms with Gasteiger partial charge in [0.2, 0.25) is 0 Å². The van der Waals surface area contributed by atoms with E-state index in [0.717, 1.165) is 17.5 Å². The van der Waals surface area contributed by atoms with Crippen LogP contribution < -0.4 is 20.7 Å². The Morgan fingerprint density at radius 1 is 0.914 bits per heavy atom. The molecule has 0 spiro atoms. The predicted octanol–water partition coefficient (Wildman–Crippen LogP) is 2.53. The zero-order valence-electron chi connectivity index (χ0n) is 18.9. The number of rotatable bonds is 9. The average molecular weight is 473 g/mol. The van der Waals surface area contributed by atoms with Gasteiger partial charge in [0.1, 0.15) is 23.5 Å². The highest BCUT2D eigenvalue weighted by Crippen LogP contribution is 2.13. The van der Waals surface area contributed by atoms with Crippen LogP contribution in [0.15, 0.2) is 60.9 Å². The molecule has 178 valence electrons. The highest BCUT2D eigenvalue weighted by Gasteiger charge is 2.13. The second-order valence-electron chi connectivity index (χ2n) is 7.11. The molecule has 1 aromatic heterocycles. The number of aromatic nitrogens is 2. The first-order valence-electron chi connectivity index (χ1n) is 10.5. The number of amides is 3. The molecule has 0 atom stereocenters. The normalized spacial score (nSPS) is 9.94. The van der Waals surface area contributed by atoms with Crippen molar-refractivity contribution in [1.29, 1.82) is 0 Å². The van der Waals surface area contributed by atoms with Crippen LogP contribution in [-0.4, -0.2) is 41.6 Å². The minimum atomic E-state index is -0.656. The smallest absolute Gasteiger partial charge is 0.412 e. The molecule has 3 aromatic rings. The second-order valence-corrected chi connectivity index (χ2v) is 7.11. The average Bonchev–Trinajstić information content (AvgIpc) is 2.90. The lowest BCUT2D eigenvalue weighted by atomic mass is 10.2. The third kappa shape index (κ3) is 7.57. The molecule has 0 radical (unpaired) electrons. The molecule has 3 rings (SSSR count). The molecule has 3 amide bonds. The molecule has 0 saturated carbocycles. The number of nitrogens with one attached hydrogen (secondary N) is 3. The maximum Gasteiger partial charge on any atom is 0.412 e. The maximum atomic E-state index is 12.5. The summed E-state index contributed by atoms with van der Waals surface area (Å²) >= 11 is 0. The van der Waals surface area contributed by atoms with E-state index < -0.39 is 17.9 Å². The first kappa shape index (κ1) is 24.7. The monoisotopic (exact) mass is 473 g/mol. The molecule has 2 aromatic carbocycles. The van der Waals surface area contributed by atoms with Crippen molar-refractivity contribution >= 4 is 23.6 Å². The van der Waals surface area contributed by atoms with Crippen molar-refractivity contribution in [3.05, 3.63) is 83.4 Å². The third-order valence-electron chi connectivity index (χ3n) is 4.66. The van der Waals surface area contributed by atoms with Gasteiger partial charge < -0.3 is 20.1 Å². The summed E-state index contributed by atoms with van der Waals surface area (Å²) in [7, 11) is 1.57. The van der Waals surface area contributed by atoms with Crippen molar-refractivity contribution in [2.24, 2.45) is 0 Å². The molecule has 0 aliphatic carbocycles. The van der Waals surface area contributed by atoms with Crippen molar-refractivity contribution in [2.75, 3.05) is 19.0 Å².